The van der Waals surface area contributed by atoms with Crippen molar-refractivity contribution in [3.8, 4) is 0 Å². The summed E-state index contributed by atoms with van der Waals surface area (Å²) >= 11 is 0.359. The van der Waals surface area contributed by atoms with Gasteiger partial charge in [0.2, 0.25) is 10.9 Å². The smallest absolute Gasteiger partial charge is 0.375 e. The third-order valence-corrected chi connectivity index (χ3v) is 11.7. The predicted octanol–water partition coefficient (Wildman–Crippen LogP) is 4.62. The Labute approximate surface area is 216 Å². The summed E-state index contributed by atoms with van der Waals surface area (Å²) in [5.41, 5.74) is -8.22. The molecule has 1 aromatic rings. The van der Waals surface area contributed by atoms with E-state index in [2.05, 4.69) is 0 Å². The minimum atomic E-state index is -2.29. The van der Waals surface area contributed by atoms with Gasteiger partial charge in [-0.15, -0.1) is 0 Å². The summed E-state index contributed by atoms with van der Waals surface area (Å²) in [6, 6.07) is 1.79. The zero-order chi connectivity index (χ0) is 26.8. The van der Waals surface area contributed by atoms with Gasteiger partial charge < -0.3 is 14.3 Å². The quantitative estimate of drug-likeness (QED) is 0.560. The second-order valence-electron chi connectivity index (χ2n) is 11.9. The fourth-order valence-corrected chi connectivity index (χ4v) is 10.3. The average molecular weight is 539 g/mol. The zero-order valence-corrected chi connectivity index (χ0v) is 21.5. The van der Waals surface area contributed by atoms with Crippen molar-refractivity contribution in [2.24, 2.45) is 39.9 Å². The first-order valence-electron chi connectivity index (χ1n) is 12.6. The van der Waals surface area contributed by atoms with Crippen molar-refractivity contribution < 1.29 is 41.8 Å². The molecule has 10 heteroatoms. The van der Waals surface area contributed by atoms with E-state index >= 15 is 8.78 Å². The van der Waals surface area contributed by atoms with E-state index in [4.69, 9.17) is 9.15 Å². The van der Waals surface area contributed by atoms with Crippen LogP contribution in [0.4, 0.5) is 13.2 Å². The first-order chi connectivity index (χ1) is 17.4. The van der Waals surface area contributed by atoms with E-state index in [-0.39, 0.29) is 30.8 Å². The maximum atomic E-state index is 17.4. The summed E-state index contributed by atoms with van der Waals surface area (Å²) in [5, 5.41) is 10.8. The van der Waals surface area contributed by atoms with Crippen molar-refractivity contribution >= 4 is 28.6 Å². The molecule has 5 aliphatic rings. The number of ether oxygens (including phenoxy) is 1. The summed E-state index contributed by atoms with van der Waals surface area (Å²) in [6.07, 6.45) is 0.587. The molecule has 4 saturated carbocycles. The van der Waals surface area contributed by atoms with Gasteiger partial charge in [0, 0.05) is 34.0 Å². The van der Waals surface area contributed by atoms with Gasteiger partial charge in [0.25, 0.3) is 0 Å². The number of carbonyl (C=O) groups is 3. The van der Waals surface area contributed by atoms with E-state index in [0.29, 0.717) is 11.8 Å². The molecule has 0 bridgehead atoms. The Bertz CT molecular complexity index is 1220. The summed E-state index contributed by atoms with van der Waals surface area (Å²) in [7, 11) is 0. The van der Waals surface area contributed by atoms with E-state index in [1.165, 1.54) is 30.5 Å². The lowest BCUT2D eigenvalue weighted by Crippen LogP contribution is -2.69. The van der Waals surface area contributed by atoms with Gasteiger partial charge >= 0.3 is 5.97 Å². The fraction of sp³-hybridized carbons (Fsp3) is 0.667. The predicted molar refractivity (Wildman–Crippen MR) is 126 cm³/mol. The highest BCUT2D eigenvalue weighted by Gasteiger charge is 2.93. The molecular weight excluding hydrogens is 509 g/mol. The van der Waals surface area contributed by atoms with Crippen molar-refractivity contribution in [3.63, 3.8) is 0 Å². The molecule has 1 spiro atoms. The van der Waals surface area contributed by atoms with Crippen LogP contribution >= 0.6 is 11.8 Å². The van der Waals surface area contributed by atoms with Gasteiger partial charge in [-0.1, -0.05) is 26.8 Å². The monoisotopic (exact) mass is 538 g/mol. The second kappa shape index (κ2) is 7.52. The number of hydrogen-bond donors (Lipinski definition) is 1. The van der Waals surface area contributed by atoms with E-state index in [9.17, 15) is 23.9 Å². The van der Waals surface area contributed by atoms with Crippen LogP contribution in [0.15, 0.2) is 35.0 Å². The third kappa shape index (κ3) is 2.53. The van der Waals surface area contributed by atoms with Crippen molar-refractivity contribution in [2.75, 3.05) is 6.01 Å². The number of aliphatic hydroxyl groups is 1. The molecule has 37 heavy (non-hydrogen) atoms. The highest BCUT2D eigenvalue weighted by Crippen LogP contribution is 2.86. The number of halogens is 3. The number of furan rings is 1. The number of alkyl halides is 3. The Balaban J connectivity index is 1.46. The summed E-state index contributed by atoms with van der Waals surface area (Å²) < 4.78 is 57.9. The molecule has 11 atom stereocenters. The lowest BCUT2D eigenvalue weighted by Gasteiger charge is -2.60. The molecular formula is C27H29F3O6S. The lowest BCUT2D eigenvalue weighted by atomic mass is 9.48. The van der Waals surface area contributed by atoms with Crippen LogP contribution in [0.3, 0.4) is 0 Å². The summed E-state index contributed by atoms with van der Waals surface area (Å²) in [6.45, 7) is 4.88. The van der Waals surface area contributed by atoms with Gasteiger partial charge in [-0.05, 0) is 55.2 Å². The number of esters is 1. The molecule has 5 aliphatic carbocycles. The van der Waals surface area contributed by atoms with Gasteiger partial charge in [0.1, 0.15) is 17.8 Å². The Hall–Kier alpha value is -2.07. The van der Waals surface area contributed by atoms with Gasteiger partial charge in [-0.25, -0.2) is 18.0 Å². The Morgan fingerprint density at radius 3 is 2.65 bits per heavy atom. The van der Waals surface area contributed by atoms with Gasteiger partial charge in [-0.2, -0.15) is 0 Å². The molecule has 0 aliphatic heterocycles. The second-order valence-corrected chi connectivity index (χ2v) is 12.8. The molecule has 1 unspecified atom stereocenters. The van der Waals surface area contributed by atoms with E-state index in [0.717, 1.165) is 0 Å². The maximum Gasteiger partial charge on any atom is 0.375 e. The summed E-state index contributed by atoms with van der Waals surface area (Å²) in [4.78, 5) is 39.3. The topological polar surface area (TPSA) is 93.8 Å². The molecule has 1 aromatic heterocycles. The van der Waals surface area contributed by atoms with Gasteiger partial charge in [0.15, 0.2) is 11.4 Å². The van der Waals surface area contributed by atoms with Gasteiger partial charge in [-0.3, -0.25) is 9.59 Å². The minimum Gasteiger partial charge on any atom is -0.457 e. The fourth-order valence-electron chi connectivity index (χ4n) is 9.52. The highest BCUT2D eigenvalue weighted by molar-refractivity contribution is 8.13. The molecule has 4 fully saturated rings. The molecule has 1 heterocycles. The largest absolute Gasteiger partial charge is 0.457 e. The van der Waals surface area contributed by atoms with Crippen LogP contribution in [-0.4, -0.2) is 51.5 Å². The van der Waals surface area contributed by atoms with E-state index < -0.39 is 80.6 Å². The molecule has 0 radical (unpaired) electrons. The van der Waals surface area contributed by atoms with E-state index in [1.807, 2.05) is 0 Å². The average Bonchev–Trinajstić information content (AvgIpc) is 3.26. The van der Waals surface area contributed by atoms with Crippen molar-refractivity contribution in [1.29, 1.82) is 0 Å². The molecule has 6 nitrogen and oxygen atoms in total. The molecule has 1 N–H and O–H groups in total. The molecule has 200 valence electrons. The molecule has 0 amide bonds. The van der Waals surface area contributed by atoms with Crippen LogP contribution in [0, 0.1) is 39.9 Å². The highest BCUT2D eigenvalue weighted by atomic mass is 32.2. The van der Waals surface area contributed by atoms with Crippen molar-refractivity contribution in [3.05, 3.63) is 36.3 Å². The third-order valence-electron chi connectivity index (χ3n) is 11.0. The van der Waals surface area contributed by atoms with Crippen LogP contribution < -0.4 is 0 Å². The lowest BCUT2D eigenvalue weighted by molar-refractivity contribution is -0.227. The number of ketones is 1. The first kappa shape index (κ1) is 25.2. The van der Waals surface area contributed by atoms with Crippen LogP contribution in [0.1, 0.15) is 50.6 Å². The number of thioether (sulfide) groups is 1. The van der Waals surface area contributed by atoms with Crippen LogP contribution in [0.25, 0.3) is 0 Å². The number of allylic oxidation sites excluding steroid dienone is 2. The van der Waals surface area contributed by atoms with Gasteiger partial charge in [0.05, 0.1) is 12.4 Å². The van der Waals surface area contributed by atoms with Crippen LogP contribution in [0.2, 0.25) is 0 Å². The Morgan fingerprint density at radius 2 is 2.00 bits per heavy atom. The van der Waals surface area contributed by atoms with Crippen molar-refractivity contribution in [2.45, 2.75) is 63.6 Å². The number of hydrogen-bond acceptors (Lipinski definition) is 7. The van der Waals surface area contributed by atoms with Crippen LogP contribution in [0.5, 0.6) is 0 Å². The molecule has 0 saturated heterocycles. The number of rotatable bonds is 4. The first-order valence-corrected chi connectivity index (χ1v) is 13.6. The standard InChI is InChI=1S/C27H29F3O6S/c1-13-9-14-15-10-18(29)25-7-6-16(31)20(25)24(25,3)26(15,30)19(32)11-23(14,2)27(13,22(34)37-12-28)36-21(33)17-5-4-8-35-17/h4-8,13-15,18-20,32H,9-12H2,1-3H3/t13-,14+,15+,18+,19+,20+,23+,24+,25?,26+,27+/m1/s1. The van der Waals surface area contributed by atoms with E-state index in [1.54, 1.807) is 20.8 Å². The Morgan fingerprint density at radius 1 is 1.27 bits per heavy atom. The number of aliphatic hydroxyl groups excluding tert-OH is 1. The molecule has 0 aromatic carbocycles. The number of carbonyl (C=O) groups excluding carboxylic acids is 3. The summed E-state index contributed by atoms with van der Waals surface area (Å²) in [5.74, 6) is -4.67. The SMILES string of the molecule is C[C@@H]1C[C@H]2[C@@H]3C[C@H](F)C45C=CC(=O)[C@H]4[C@]5(C)[C@@]3(F)[C@@H](O)C[C@]2(C)[C@@]1(OC(=O)c1ccco1)C(=O)SCF. The van der Waals surface area contributed by atoms with Crippen molar-refractivity contribution in [1.82, 2.24) is 0 Å². The normalized spacial score (nSPS) is 51.2. The maximum absolute atomic E-state index is 17.4. The molecule has 6 rings (SSSR count). The Kier molecular flexibility index (Phi) is 5.13. The zero-order valence-electron chi connectivity index (χ0n) is 20.7. The number of fused-ring (bicyclic) bond motifs is 5. The minimum absolute atomic E-state index is 0.153. The van der Waals surface area contributed by atoms with Crippen LogP contribution in [-0.2, 0) is 14.3 Å².